The first-order chi connectivity index (χ1) is 11.9. The van der Waals surface area contributed by atoms with Gasteiger partial charge < -0.3 is 15.1 Å². The monoisotopic (exact) mass is 358 g/mol. The maximum atomic E-state index is 12.8. The molecule has 2 N–H and O–H groups in total. The summed E-state index contributed by atoms with van der Waals surface area (Å²) in [7, 11) is 0. The molecule has 2 atom stereocenters. The predicted molar refractivity (Wildman–Crippen MR) is 101 cm³/mol. The number of nitrogens with one attached hydrogen (secondary N) is 2. The molecule has 1 aliphatic carbocycles. The van der Waals surface area contributed by atoms with Crippen LogP contribution in [0, 0.1) is 18.3 Å². The molecule has 2 aromatic rings. The molecular weight excluding hydrogens is 332 g/mol. The molecule has 0 saturated carbocycles. The van der Waals surface area contributed by atoms with Gasteiger partial charge in [-0.05, 0) is 55.2 Å². The molecule has 0 bridgehead atoms. The van der Waals surface area contributed by atoms with E-state index in [0.717, 1.165) is 34.9 Å². The fourth-order valence-electron chi connectivity index (χ4n) is 4.00. The van der Waals surface area contributed by atoms with Gasteiger partial charge >= 0.3 is 0 Å². The number of thiophene rings is 1. The van der Waals surface area contributed by atoms with Gasteiger partial charge in [-0.3, -0.25) is 4.79 Å². The fraction of sp³-hybridized carbons (Fsp3) is 0.550. The highest BCUT2D eigenvalue weighted by Crippen LogP contribution is 2.46. The third-order valence-electron chi connectivity index (χ3n) is 6.11. The topological polar surface area (TPSA) is 54.3 Å². The first kappa shape index (κ1) is 16.7. The van der Waals surface area contributed by atoms with Crippen LogP contribution in [0.5, 0.6) is 0 Å². The third kappa shape index (κ3) is 2.78. The Morgan fingerprint density at radius 2 is 2.12 bits per heavy atom. The molecule has 2 aliphatic rings. The Morgan fingerprint density at radius 1 is 1.32 bits per heavy atom. The molecule has 134 valence electrons. The minimum atomic E-state index is -0.281. The van der Waals surface area contributed by atoms with E-state index in [4.69, 9.17) is 4.42 Å². The van der Waals surface area contributed by atoms with E-state index in [0.29, 0.717) is 11.3 Å². The Labute approximate surface area is 153 Å². The molecule has 0 radical (unpaired) electrons. The van der Waals surface area contributed by atoms with Gasteiger partial charge in [0.05, 0.1) is 5.56 Å². The first-order valence-corrected chi connectivity index (χ1v) is 9.99. The number of anilines is 1. The second-order valence-corrected chi connectivity index (χ2v) is 9.09. The van der Waals surface area contributed by atoms with Gasteiger partial charge in [0.25, 0.3) is 5.91 Å². The Balaban J connectivity index is 1.63. The molecule has 1 amide bonds. The molecular formula is C20H26N2O2S. The summed E-state index contributed by atoms with van der Waals surface area (Å²) in [5.74, 6) is 2.33. The molecule has 25 heavy (non-hydrogen) atoms. The maximum Gasteiger partial charge on any atom is 0.256 e. The summed E-state index contributed by atoms with van der Waals surface area (Å²) >= 11 is 1.76. The van der Waals surface area contributed by atoms with Crippen LogP contribution in [0.3, 0.4) is 0 Å². The van der Waals surface area contributed by atoms with Crippen molar-refractivity contribution in [2.24, 2.45) is 11.3 Å². The Morgan fingerprint density at radius 3 is 2.80 bits per heavy atom. The van der Waals surface area contributed by atoms with E-state index in [1.807, 2.05) is 19.1 Å². The number of fused-ring (bicyclic) bond motifs is 3. The van der Waals surface area contributed by atoms with Crippen molar-refractivity contribution >= 4 is 22.2 Å². The van der Waals surface area contributed by atoms with E-state index < -0.39 is 0 Å². The maximum absolute atomic E-state index is 12.8. The molecule has 3 heterocycles. The highest BCUT2D eigenvalue weighted by molar-refractivity contribution is 7.16. The molecule has 4 nitrogen and oxygen atoms in total. The van der Waals surface area contributed by atoms with Gasteiger partial charge in [0.15, 0.2) is 6.17 Å². The molecule has 0 spiro atoms. The summed E-state index contributed by atoms with van der Waals surface area (Å²) in [6, 6.07) is 3.85. The van der Waals surface area contributed by atoms with Gasteiger partial charge in [0, 0.05) is 4.88 Å². The van der Waals surface area contributed by atoms with Gasteiger partial charge in [-0.25, -0.2) is 0 Å². The second-order valence-electron chi connectivity index (χ2n) is 7.99. The van der Waals surface area contributed by atoms with Gasteiger partial charge in [0.1, 0.15) is 16.5 Å². The number of carbonyl (C=O) groups excluding carboxylic acids is 1. The number of hydrogen-bond acceptors (Lipinski definition) is 4. The van der Waals surface area contributed by atoms with Gasteiger partial charge in [0.2, 0.25) is 0 Å². The second kappa shape index (κ2) is 5.90. The van der Waals surface area contributed by atoms with Crippen molar-refractivity contribution in [3.05, 3.63) is 39.7 Å². The molecule has 0 fully saturated rings. The summed E-state index contributed by atoms with van der Waals surface area (Å²) in [6.45, 7) is 8.94. The number of furan rings is 1. The molecule has 5 heteroatoms. The van der Waals surface area contributed by atoms with Crippen LogP contribution >= 0.6 is 11.3 Å². The molecule has 0 unspecified atom stereocenters. The van der Waals surface area contributed by atoms with E-state index in [1.54, 1.807) is 11.3 Å². The van der Waals surface area contributed by atoms with Crippen molar-refractivity contribution < 1.29 is 9.21 Å². The van der Waals surface area contributed by atoms with Crippen LogP contribution in [0.15, 0.2) is 16.5 Å². The summed E-state index contributed by atoms with van der Waals surface area (Å²) in [4.78, 5) is 14.1. The summed E-state index contributed by atoms with van der Waals surface area (Å²) in [5.41, 5.74) is 2.49. The highest BCUT2D eigenvalue weighted by Gasteiger charge is 2.37. The largest absolute Gasteiger partial charge is 0.462 e. The number of carbonyl (C=O) groups is 1. The zero-order chi connectivity index (χ0) is 17.8. The quantitative estimate of drug-likeness (QED) is 0.808. The standard InChI is InChI=1S/C20H26N2O2S/c1-5-20(3,4)12-7-8-13-15(10-12)25-19-16(13)18(23)21-17(22-19)14-9-6-11(2)24-14/h6,9,12,17,22H,5,7-8,10H2,1-4H3,(H,21,23)/t12-,17-/m0/s1. The number of aryl methyl sites for hydroxylation is 1. The first-order valence-electron chi connectivity index (χ1n) is 9.17. The minimum absolute atomic E-state index is 0.0264. The minimum Gasteiger partial charge on any atom is -0.462 e. The van der Waals surface area contributed by atoms with E-state index >= 15 is 0 Å². The van der Waals surface area contributed by atoms with Crippen LogP contribution in [0.4, 0.5) is 5.00 Å². The van der Waals surface area contributed by atoms with Crippen LogP contribution in [-0.4, -0.2) is 5.91 Å². The fourth-order valence-corrected chi connectivity index (χ4v) is 5.36. The molecule has 0 aromatic carbocycles. The van der Waals surface area contributed by atoms with Crippen LogP contribution in [-0.2, 0) is 12.8 Å². The van der Waals surface area contributed by atoms with Crippen molar-refractivity contribution in [1.29, 1.82) is 0 Å². The van der Waals surface area contributed by atoms with Crippen molar-refractivity contribution in [1.82, 2.24) is 5.32 Å². The van der Waals surface area contributed by atoms with Crippen molar-refractivity contribution in [2.75, 3.05) is 5.32 Å². The van der Waals surface area contributed by atoms with Crippen LogP contribution in [0.2, 0.25) is 0 Å². The Kier molecular flexibility index (Phi) is 3.95. The van der Waals surface area contributed by atoms with Crippen molar-refractivity contribution in [2.45, 2.75) is 59.5 Å². The van der Waals surface area contributed by atoms with E-state index in [-0.39, 0.29) is 12.1 Å². The van der Waals surface area contributed by atoms with Crippen LogP contribution < -0.4 is 10.6 Å². The van der Waals surface area contributed by atoms with E-state index in [9.17, 15) is 4.79 Å². The molecule has 4 rings (SSSR count). The van der Waals surface area contributed by atoms with E-state index in [2.05, 4.69) is 31.4 Å². The predicted octanol–water partition coefficient (Wildman–Crippen LogP) is 5.04. The van der Waals surface area contributed by atoms with Crippen molar-refractivity contribution in [3.8, 4) is 0 Å². The zero-order valence-electron chi connectivity index (χ0n) is 15.4. The summed E-state index contributed by atoms with van der Waals surface area (Å²) in [6.07, 6.45) is 4.18. The Bertz CT molecular complexity index is 818. The van der Waals surface area contributed by atoms with Gasteiger partial charge in [-0.1, -0.05) is 27.2 Å². The number of hydrogen-bond donors (Lipinski definition) is 2. The number of amides is 1. The lowest BCUT2D eigenvalue weighted by Gasteiger charge is -2.36. The molecule has 2 aromatic heterocycles. The highest BCUT2D eigenvalue weighted by atomic mass is 32.1. The lowest BCUT2D eigenvalue weighted by Crippen LogP contribution is -2.38. The van der Waals surface area contributed by atoms with Crippen molar-refractivity contribution in [3.63, 3.8) is 0 Å². The Hall–Kier alpha value is -1.75. The van der Waals surface area contributed by atoms with Crippen LogP contribution in [0.25, 0.3) is 0 Å². The SMILES string of the molecule is CCC(C)(C)[C@H]1CCc2c(sc3c2C(=O)N[C@H](c2ccc(C)o2)N3)C1. The third-order valence-corrected chi connectivity index (χ3v) is 7.29. The van der Waals surface area contributed by atoms with Gasteiger partial charge in [-0.2, -0.15) is 0 Å². The smallest absolute Gasteiger partial charge is 0.256 e. The lowest BCUT2D eigenvalue weighted by molar-refractivity contribution is 0.0929. The van der Waals surface area contributed by atoms with E-state index in [1.165, 1.54) is 23.3 Å². The molecule has 0 saturated heterocycles. The molecule has 1 aliphatic heterocycles. The normalized spacial score (nSPS) is 22.8. The average Bonchev–Trinajstić information content (AvgIpc) is 3.17. The number of rotatable bonds is 3. The van der Waals surface area contributed by atoms with Gasteiger partial charge in [-0.15, -0.1) is 11.3 Å². The van der Waals surface area contributed by atoms with Crippen LogP contribution in [0.1, 0.15) is 72.1 Å². The average molecular weight is 359 g/mol. The lowest BCUT2D eigenvalue weighted by atomic mass is 9.69. The summed E-state index contributed by atoms with van der Waals surface area (Å²) in [5, 5.41) is 7.53. The summed E-state index contributed by atoms with van der Waals surface area (Å²) < 4.78 is 5.69. The zero-order valence-corrected chi connectivity index (χ0v) is 16.2.